The number of hydrogen-bond acceptors (Lipinski definition) is 1. The average Bonchev–Trinajstić information content (AvgIpc) is 2.28. The van der Waals surface area contributed by atoms with Crippen molar-refractivity contribution in [1.82, 2.24) is 5.32 Å². The van der Waals surface area contributed by atoms with E-state index >= 15 is 0 Å². The van der Waals surface area contributed by atoms with Crippen LogP contribution in [0, 0.1) is 11.2 Å². The summed E-state index contributed by atoms with van der Waals surface area (Å²) in [5.74, 6) is -0.120. The predicted octanol–water partition coefficient (Wildman–Crippen LogP) is 2.71. The summed E-state index contributed by atoms with van der Waals surface area (Å²) in [6.07, 6.45) is 0. The van der Waals surface area contributed by atoms with Gasteiger partial charge in [-0.3, -0.25) is 4.79 Å². The normalized spacial score (nSPS) is 11.2. The Morgan fingerprint density at radius 3 is 2.44 bits per heavy atom. The molecule has 1 aromatic rings. The lowest BCUT2D eigenvalue weighted by molar-refractivity contribution is -0.128. The molecule has 4 heteroatoms. The lowest BCUT2D eigenvalue weighted by Gasteiger charge is -2.20. The van der Waals surface area contributed by atoms with E-state index in [1.54, 1.807) is 26.0 Å². The second kappa shape index (κ2) is 5.30. The molecule has 0 bridgehead atoms. The summed E-state index contributed by atoms with van der Waals surface area (Å²) in [5.41, 5.74) is 0.279. The van der Waals surface area contributed by atoms with E-state index in [-0.39, 0.29) is 17.6 Å². The summed E-state index contributed by atoms with van der Waals surface area (Å²) in [5, 5.41) is 2.76. The van der Waals surface area contributed by atoms with Gasteiger partial charge in [-0.1, -0.05) is 12.1 Å². The van der Waals surface area contributed by atoms with Gasteiger partial charge in [-0.05, 0) is 31.5 Å². The van der Waals surface area contributed by atoms with Crippen LogP contribution in [-0.4, -0.2) is 11.8 Å². The minimum absolute atomic E-state index is 0.105. The van der Waals surface area contributed by atoms with E-state index in [1.807, 2.05) is 0 Å². The molecule has 0 saturated carbocycles. The minimum atomic E-state index is -0.582. The highest BCUT2D eigenvalue weighted by Gasteiger charge is 2.25. The molecule has 0 spiro atoms. The maximum absolute atomic E-state index is 12.6. The smallest absolute Gasteiger partial charge is 0.227 e. The van der Waals surface area contributed by atoms with Gasteiger partial charge in [-0.15, -0.1) is 11.6 Å². The fraction of sp³-hybridized carbons (Fsp3) is 0.417. The number of benzene rings is 1. The first-order valence-electron chi connectivity index (χ1n) is 5.04. The second-order valence-corrected chi connectivity index (χ2v) is 4.59. The van der Waals surface area contributed by atoms with Crippen molar-refractivity contribution in [2.24, 2.45) is 5.41 Å². The minimum Gasteiger partial charge on any atom is -0.352 e. The Bertz CT molecular complexity index is 362. The summed E-state index contributed by atoms with van der Waals surface area (Å²) >= 11 is 5.68. The van der Waals surface area contributed by atoms with Crippen LogP contribution in [0.2, 0.25) is 0 Å². The number of halogens is 2. The lowest BCUT2D eigenvalue weighted by Crippen LogP contribution is -2.37. The molecule has 0 fully saturated rings. The van der Waals surface area contributed by atoms with Gasteiger partial charge in [0.05, 0.1) is 5.41 Å². The molecule has 0 radical (unpaired) electrons. The third kappa shape index (κ3) is 3.49. The standard InChI is InChI=1S/C12H15ClFNO/c1-12(2,8-13)11(16)15-7-9-3-5-10(14)6-4-9/h3-6H,7-8H2,1-2H3,(H,15,16). The molecule has 0 aliphatic rings. The zero-order chi connectivity index (χ0) is 12.2. The molecule has 0 aliphatic carbocycles. The number of carbonyl (C=O) groups is 1. The van der Waals surface area contributed by atoms with Crippen molar-refractivity contribution in [3.8, 4) is 0 Å². The van der Waals surface area contributed by atoms with Gasteiger partial charge >= 0.3 is 0 Å². The first-order chi connectivity index (χ1) is 7.45. The Kier molecular flexibility index (Phi) is 4.30. The van der Waals surface area contributed by atoms with Crippen LogP contribution in [0.25, 0.3) is 0 Å². The highest BCUT2D eigenvalue weighted by molar-refractivity contribution is 6.19. The van der Waals surface area contributed by atoms with Gasteiger partial charge < -0.3 is 5.32 Å². The lowest BCUT2D eigenvalue weighted by atomic mass is 9.95. The van der Waals surface area contributed by atoms with E-state index in [2.05, 4.69) is 5.32 Å². The van der Waals surface area contributed by atoms with Crippen molar-refractivity contribution >= 4 is 17.5 Å². The van der Waals surface area contributed by atoms with Crippen molar-refractivity contribution in [1.29, 1.82) is 0 Å². The molecule has 0 atom stereocenters. The van der Waals surface area contributed by atoms with Gasteiger partial charge in [0.2, 0.25) is 5.91 Å². The Morgan fingerprint density at radius 1 is 1.38 bits per heavy atom. The van der Waals surface area contributed by atoms with Crippen molar-refractivity contribution in [3.63, 3.8) is 0 Å². The monoisotopic (exact) mass is 243 g/mol. The Labute approximate surface area is 99.8 Å². The first-order valence-corrected chi connectivity index (χ1v) is 5.58. The topological polar surface area (TPSA) is 29.1 Å². The largest absolute Gasteiger partial charge is 0.352 e. The van der Waals surface area contributed by atoms with Crippen LogP contribution in [0.5, 0.6) is 0 Å². The van der Waals surface area contributed by atoms with E-state index in [9.17, 15) is 9.18 Å². The number of rotatable bonds is 4. The highest BCUT2D eigenvalue weighted by Crippen LogP contribution is 2.17. The van der Waals surface area contributed by atoms with Crippen LogP contribution in [0.3, 0.4) is 0 Å². The zero-order valence-electron chi connectivity index (χ0n) is 9.39. The van der Waals surface area contributed by atoms with Crippen LogP contribution in [0.1, 0.15) is 19.4 Å². The zero-order valence-corrected chi connectivity index (χ0v) is 10.1. The van der Waals surface area contributed by atoms with Crippen LogP contribution >= 0.6 is 11.6 Å². The summed E-state index contributed by atoms with van der Waals surface area (Å²) < 4.78 is 12.6. The molecule has 1 amide bonds. The Balaban J connectivity index is 2.52. The number of nitrogens with one attached hydrogen (secondary N) is 1. The SMILES string of the molecule is CC(C)(CCl)C(=O)NCc1ccc(F)cc1. The van der Waals surface area contributed by atoms with Gasteiger partial charge in [-0.25, -0.2) is 4.39 Å². The number of hydrogen-bond donors (Lipinski definition) is 1. The Hall–Kier alpha value is -1.09. The molecule has 16 heavy (non-hydrogen) atoms. The second-order valence-electron chi connectivity index (χ2n) is 4.33. The molecule has 0 saturated heterocycles. The predicted molar refractivity (Wildman–Crippen MR) is 62.7 cm³/mol. The number of amides is 1. The molecule has 2 nitrogen and oxygen atoms in total. The Morgan fingerprint density at radius 2 is 1.94 bits per heavy atom. The van der Waals surface area contributed by atoms with Crippen LogP contribution < -0.4 is 5.32 Å². The first kappa shape index (κ1) is 13.0. The fourth-order valence-electron chi connectivity index (χ4n) is 1.08. The van der Waals surface area contributed by atoms with Gasteiger partial charge in [0.1, 0.15) is 5.82 Å². The molecule has 1 rings (SSSR count). The maximum Gasteiger partial charge on any atom is 0.227 e. The summed E-state index contributed by atoms with van der Waals surface area (Å²) in [6, 6.07) is 6.02. The van der Waals surface area contributed by atoms with Crippen molar-refractivity contribution in [2.45, 2.75) is 20.4 Å². The third-order valence-corrected chi connectivity index (χ3v) is 2.98. The molecule has 1 N–H and O–H groups in total. The quantitative estimate of drug-likeness (QED) is 0.810. The van der Waals surface area contributed by atoms with Crippen LogP contribution in [-0.2, 0) is 11.3 Å². The van der Waals surface area contributed by atoms with Crippen LogP contribution in [0.4, 0.5) is 4.39 Å². The summed E-state index contributed by atoms with van der Waals surface area (Å²) in [4.78, 5) is 11.7. The van der Waals surface area contributed by atoms with E-state index in [1.165, 1.54) is 12.1 Å². The van der Waals surface area contributed by atoms with E-state index in [0.29, 0.717) is 6.54 Å². The van der Waals surface area contributed by atoms with Crippen molar-refractivity contribution < 1.29 is 9.18 Å². The average molecular weight is 244 g/mol. The third-order valence-electron chi connectivity index (χ3n) is 2.32. The molecule has 0 aliphatic heterocycles. The van der Waals surface area contributed by atoms with Gasteiger partial charge in [-0.2, -0.15) is 0 Å². The molecule has 88 valence electrons. The number of alkyl halides is 1. The maximum atomic E-state index is 12.6. The van der Waals surface area contributed by atoms with E-state index < -0.39 is 5.41 Å². The fourth-order valence-corrected chi connectivity index (χ4v) is 1.21. The van der Waals surface area contributed by atoms with E-state index in [0.717, 1.165) is 5.56 Å². The molecular weight excluding hydrogens is 229 g/mol. The molecule has 0 unspecified atom stereocenters. The van der Waals surface area contributed by atoms with Crippen molar-refractivity contribution in [3.05, 3.63) is 35.6 Å². The molecular formula is C12H15ClFNO. The summed E-state index contributed by atoms with van der Waals surface area (Å²) in [6.45, 7) is 3.94. The van der Waals surface area contributed by atoms with Crippen molar-refractivity contribution in [2.75, 3.05) is 5.88 Å². The molecule has 0 heterocycles. The van der Waals surface area contributed by atoms with Crippen LogP contribution in [0.15, 0.2) is 24.3 Å². The van der Waals surface area contributed by atoms with Gasteiger partial charge in [0.25, 0.3) is 0 Å². The highest BCUT2D eigenvalue weighted by atomic mass is 35.5. The molecule has 1 aromatic carbocycles. The molecule has 0 aromatic heterocycles. The number of carbonyl (C=O) groups excluding carboxylic acids is 1. The summed E-state index contributed by atoms with van der Waals surface area (Å²) in [7, 11) is 0. The van der Waals surface area contributed by atoms with Gasteiger partial charge in [0, 0.05) is 12.4 Å². The van der Waals surface area contributed by atoms with E-state index in [4.69, 9.17) is 11.6 Å². The van der Waals surface area contributed by atoms with Gasteiger partial charge in [0.15, 0.2) is 0 Å².